The van der Waals surface area contributed by atoms with Gasteiger partial charge in [0.1, 0.15) is 11.6 Å². The van der Waals surface area contributed by atoms with Gasteiger partial charge in [-0.2, -0.15) is 0 Å². The molecule has 0 radical (unpaired) electrons. The Kier molecular flexibility index (Phi) is 9.75. The van der Waals surface area contributed by atoms with Crippen LogP contribution in [0.4, 0.5) is 10.3 Å². The maximum Gasteiger partial charge on any atom is 1.00 e. The van der Waals surface area contributed by atoms with Gasteiger partial charge in [0, 0.05) is 56.2 Å². The third-order valence-electron chi connectivity index (χ3n) is 5.42. The van der Waals surface area contributed by atoms with Gasteiger partial charge < -0.3 is 19.5 Å². The second-order valence-corrected chi connectivity index (χ2v) is 7.58. The van der Waals surface area contributed by atoms with Crippen LogP contribution >= 0.6 is 0 Å². The van der Waals surface area contributed by atoms with E-state index in [-0.39, 0.29) is 18.9 Å². The summed E-state index contributed by atoms with van der Waals surface area (Å²) in [5, 5.41) is 10.8. The Morgan fingerprint density at radius 3 is 2.48 bits per heavy atom. The van der Waals surface area contributed by atoms with E-state index >= 15 is 0 Å². The number of aryl methyl sites for hydroxylation is 1. The summed E-state index contributed by atoms with van der Waals surface area (Å²) in [6.07, 6.45) is 6.71. The number of nitrogens with zero attached hydrogens (tertiary/aromatic N) is 4. The molecule has 0 spiro atoms. The first-order valence-corrected chi connectivity index (χ1v) is 10.4. The standard InChI is InChI=1S/C22H29FN4O3.Li/c1-3-4-17-14-24-22(25-15-17)27-10-8-26(9-11-27)16(2)7-12-30-18-5-6-19(21(28)29)20(23)13-18;/h5-6,13-16H,3-4,7-12H2,1-2H3,(H,28,29);/q;+1/p-1. The number of aromatic carboxylic acids is 1. The topological polar surface area (TPSA) is 81.6 Å². The molecule has 1 unspecified atom stereocenters. The maximum absolute atomic E-state index is 13.7. The smallest absolute Gasteiger partial charge is 0.545 e. The molecule has 0 aliphatic carbocycles. The molecular formula is C22H28FLiN4O3. The van der Waals surface area contributed by atoms with E-state index in [1.807, 2.05) is 12.4 Å². The van der Waals surface area contributed by atoms with Gasteiger partial charge in [0.2, 0.25) is 5.95 Å². The number of piperazine rings is 1. The summed E-state index contributed by atoms with van der Waals surface area (Å²) in [7, 11) is 0. The molecule has 1 aliphatic heterocycles. The van der Waals surface area contributed by atoms with Crippen LogP contribution in [0.2, 0.25) is 0 Å². The monoisotopic (exact) mass is 422 g/mol. The summed E-state index contributed by atoms with van der Waals surface area (Å²) in [5.41, 5.74) is 0.709. The average Bonchev–Trinajstić information content (AvgIpc) is 2.74. The zero-order chi connectivity index (χ0) is 21.5. The number of ether oxygens (including phenoxy) is 1. The predicted octanol–water partition coefficient (Wildman–Crippen LogP) is -1.08. The molecule has 0 amide bonds. The van der Waals surface area contributed by atoms with Crippen LogP contribution < -0.4 is 33.6 Å². The number of carbonyl (C=O) groups is 1. The van der Waals surface area contributed by atoms with E-state index in [1.165, 1.54) is 17.7 Å². The van der Waals surface area contributed by atoms with Crippen molar-refractivity contribution in [3.8, 4) is 5.75 Å². The summed E-state index contributed by atoms with van der Waals surface area (Å²) >= 11 is 0. The van der Waals surface area contributed by atoms with Crippen molar-refractivity contribution in [1.82, 2.24) is 14.9 Å². The Morgan fingerprint density at radius 1 is 1.23 bits per heavy atom. The van der Waals surface area contributed by atoms with Crippen molar-refractivity contribution in [2.24, 2.45) is 0 Å². The Labute approximate surface area is 194 Å². The number of aromatic nitrogens is 2. The number of carbonyl (C=O) groups excluding carboxylic acids is 1. The number of carboxylic acids is 1. The first-order valence-electron chi connectivity index (χ1n) is 10.4. The molecule has 9 heteroatoms. The third kappa shape index (κ3) is 6.93. The molecule has 0 bridgehead atoms. The van der Waals surface area contributed by atoms with Gasteiger partial charge in [0.25, 0.3) is 0 Å². The van der Waals surface area contributed by atoms with E-state index in [4.69, 9.17) is 4.74 Å². The van der Waals surface area contributed by atoms with Crippen LogP contribution in [0.3, 0.4) is 0 Å². The number of rotatable bonds is 9. The Morgan fingerprint density at radius 2 is 1.90 bits per heavy atom. The molecular weight excluding hydrogens is 394 g/mol. The van der Waals surface area contributed by atoms with Gasteiger partial charge >= 0.3 is 18.9 Å². The molecule has 1 fully saturated rings. The molecule has 2 heterocycles. The molecule has 1 aromatic heterocycles. The molecule has 31 heavy (non-hydrogen) atoms. The van der Waals surface area contributed by atoms with Gasteiger partial charge in [-0.25, -0.2) is 14.4 Å². The van der Waals surface area contributed by atoms with Crippen molar-refractivity contribution in [3.05, 3.63) is 47.5 Å². The summed E-state index contributed by atoms with van der Waals surface area (Å²) in [6, 6.07) is 4.01. The molecule has 2 aromatic rings. The number of anilines is 1. The third-order valence-corrected chi connectivity index (χ3v) is 5.42. The second kappa shape index (κ2) is 12.0. The van der Waals surface area contributed by atoms with Crippen LogP contribution in [0.1, 0.15) is 42.6 Å². The molecule has 0 saturated carbocycles. The normalized spacial score (nSPS) is 15.3. The van der Waals surface area contributed by atoms with Crippen molar-refractivity contribution in [2.45, 2.75) is 39.2 Å². The summed E-state index contributed by atoms with van der Waals surface area (Å²) in [5.74, 6) is -1.28. The van der Waals surface area contributed by atoms with Crippen LogP contribution in [-0.4, -0.2) is 59.7 Å². The molecule has 7 nitrogen and oxygen atoms in total. The molecule has 1 saturated heterocycles. The fraction of sp³-hybridized carbons (Fsp3) is 0.500. The molecule has 0 N–H and O–H groups in total. The second-order valence-electron chi connectivity index (χ2n) is 7.58. The van der Waals surface area contributed by atoms with Gasteiger partial charge in [-0.3, -0.25) is 4.90 Å². The quantitative estimate of drug-likeness (QED) is 0.476. The first kappa shape index (κ1) is 25.1. The van der Waals surface area contributed by atoms with E-state index in [2.05, 4.69) is 33.6 Å². The van der Waals surface area contributed by atoms with Crippen LogP contribution in [-0.2, 0) is 6.42 Å². The van der Waals surface area contributed by atoms with Crippen LogP contribution in [0, 0.1) is 5.82 Å². The average molecular weight is 422 g/mol. The van der Waals surface area contributed by atoms with Crippen molar-refractivity contribution < 1.29 is 37.9 Å². The predicted molar refractivity (Wildman–Crippen MR) is 110 cm³/mol. The van der Waals surface area contributed by atoms with Crippen LogP contribution in [0.25, 0.3) is 0 Å². The van der Waals surface area contributed by atoms with Gasteiger partial charge in [-0.05, 0) is 37.5 Å². The van der Waals surface area contributed by atoms with Gasteiger partial charge in [-0.1, -0.05) is 13.3 Å². The SMILES string of the molecule is CCCc1cnc(N2CCN(C(C)CCOc3ccc(C(=O)[O-])c(F)c3)CC2)nc1.[Li+]. The molecule has 3 rings (SSSR count). The fourth-order valence-electron chi connectivity index (χ4n) is 3.57. The van der Waals surface area contributed by atoms with Crippen molar-refractivity contribution in [1.29, 1.82) is 0 Å². The van der Waals surface area contributed by atoms with E-state index < -0.39 is 17.3 Å². The fourth-order valence-corrected chi connectivity index (χ4v) is 3.57. The van der Waals surface area contributed by atoms with Crippen LogP contribution in [0.15, 0.2) is 30.6 Å². The zero-order valence-electron chi connectivity index (χ0n) is 18.5. The summed E-state index contributed by atoms with van der Waals surface area (Å²) in [4.78, 5) is 24.4. The van der Waals surface area contributed by atoms with E-state index in [0.717, 1.165) is 57.5 Å². The Balaban J connectivity index is 0.00000341. The number of halogens is 1. The van der Waals surface area contributed by atoms with E-state index in [1.54, 1.807) is 0 Å². The van der Waals surface area contributed by atoms with Crippen molar-refractivity contribution >= 4 is 11.9 Å². The first-order chi connectivity index (χ1) is 14.5. The minimum atomic E-state index is -1.53. The van der Waals surface area contributed by atoms with Gasteiger partial charge in [0.15, 0.2) is 0 Å². The molecule has 1 aliphatic rings. The van der Waals surface area contributed by atoms with E-state index in [0.29, 0.717) is 18.4 Å². The van der Waals surface area contributed by atoms with Crippen LogP contribution in [0.5, 0.6) is 5.75 Å². The minimum absolute atomic E-state index is 0. The Hall–Kier alpha value is -2.14. The summed E-state index contributed by atoms with van der Waals surface area (Å²) < 4.78 is 19.3. The van der Waals surface area contributed by atoms with E-state index in [9.17, 15) is 14.3 Å². The maximum atomic E-state index is 13.7. The number of carboxylic acid groups (broad SMARTS) is 1. The molecule has 162 valence electrons. The number of hydrogen-bond acceptors (Lipinski definition) is 7. The summed E-state index contributed by atoms with van der Waals surface area (Å²) in [6.45, 7) is 8.28. The molecule has 1 aromatic carbocycles. The largest absolute Gasteiger partial charge is 1.00 e. The minimum Gasteiger partial charge on any atom is -0.545 e. The number of benzene rings is 1. The van der Waals surface area contributed by atoms with Crippen molar-refractivity contribution in [2.75, 3.05) is 37.7 Å². The Bertz CT molecular complexity index is 845. The van der Waals surface area contributed by atoms with Gasteiger partial charge in [0.05, 0.1) is 12.6 Å². The van der Waals surface area contributed by atoms with Gasteiger partial charge in [-0.15, -0.1) is 0 Å². The molecule has 1 atom stereocenters. The number of hydrogen-bond donors (Lipinski definition) is 0. The van der Waals surface area contributed by atoms with Crippen molar-refractivity contribution in [3.63, 3.8) is 0 Å². The zero-order valence-corrected chi connectivity index (χ0v) is 18.5.